The van der Waals surface area contributed by atoms with Gasteiger partial charge in [-0.05, 0) is 25.0 Å². The van der Waals surface area contributed by atoms with Crippen LogP contribution in [-0.4, -0.2) is 51.8 Å². The summed E-state index contributed by atoms with van der Waals surface area (Å²) >= 11 is 0. The fraction of sp³-hybridized carbons (Fsp3) is 0.450. The maximum atomic E-state index is 13.4. The van der Waals surface area contributed by atoms with Crippen molar-refractivity contribution in [3.05, 3.63) is 40.3 Å². The third-order valence-electron chi connectivity index (χ3n) is 6.47. The minimum absolute atomic E-state index is 0.0601. The monoisotopic (exact) mass is 395 g/mol. The zero-order chi connectivity index (χ0) is 20.3. The van der Waals surface area contributed by atoms with E-state index in [0.29, 0.717) is 30.0 Å². The summed E-state index contributed by atoms with van der Waals surface area (Å²) in [5.74, 6) is -0.615. The molecule has 3 aliphatic rings. The Balaban J connectivity index is 1.79. The van der Waals surface area contributed by atoms with Crippen molar-refractivity contribution in [2.24, 2.45) is 5.41 Å². The van der Waals surface area contributed by atoms with Crippen LogP contribution < -0.4 is 15.8 Å². The number of imide groups is 2. The first-order valence-corrected chi connectivity index (χ1v) is 9.85. The second kappa shape index (κ2) is 6.13. The van der Waals surface area contributed by atoms with E-state index in [1.54, 1.807) is 18.3 Å². The summed E-state index contributed by atoms with van der Waals surface area (Å²) in [6.07, 6.45) is 4.90. The van der Waals surface area contributed by atoms with Crippen LogP contribution in [0.25, 0.3) is 5.65 Å². The molecule has 150 valence electrons. The summed E-state index contributed by atoms with van der Waals surface area (Å²) in [6, 6.07) is 4.14. The van der Waals surface area contributed by atoms with Crippen LogP contribution in [0.1, 0.15) is 31.2 Å². The van der Waals surface area contributed by atoms with Gasteiger partial charge in [0, 0.05) is 26.2 Å². The summed E-state index contributed by atoms with van der Waals surface area (Å²) in [5, 5.41) is 2.33. The Hall–Kier alpha value is -3.23. The highest BCUT2D eigenvalue weighted by atomic mass is 16.2. The SMILES string of the molecule is CN1C(=O)NC(=O)[C@]2(Cc3c(nc4ccccn4c3=O)N3CCCCC[C@@H]32)C1=O. The van der Waals surface area contributed by atoms with Crippen molar-refractivity contribution in [1.29, 1.82) is 0 Å². The molecule has 5 heterocycles. The Morgan fingerprint density at radius 2 is 1.97 bits per heavy atom. The lowest BCUT2D eigenvalue weighted by Gasteiger charge is -2.50. The number of rotatable bonds is 0. The average Bonchev–Trinajstić information content (AvgIpc) is 2.98. The Kier molecular flexibility index (Phi) is 3.77. The molecule has 0 aliphatic carbocycles. The number of amides is 4. The molecule has 2 fully saturated rings. The van der Waals surface area contributed by atoms with Crippen LogP contribution in [-0.2, 0) is 16.0 Å². The number of aromatic nitrogens is 2. The van der Waals surface area contributed by atoms with Gasteiger partial charge in [0.2, 0.25) is 11.8 Å². The van der Waals surface area contributed by atoms with E-state index >= 15 is 0 Å². The van der Waals surface area contributed by atoms with Gasteiger partial charge in [0.05, 0.1) is 11.6 Å². The zero-order valence-corrected chi connectivity index (χ0v) is 16.1. The summed E-state index contributed by atoms with van der Waals surface area (Å²) in [5.41, 5.74) is -0.919. The predicted molar refractivity (Wildman–Crippen MR) is 104 cm³/mol. The maximum Gasteiger partial charge on any atom is 0.330 e. The number of anilines is 1. The minimum atomic E-state index is -1.51. The van der Waals surface area contributed by atoms with Crippen molar-refractivity contribution in [1.82, 2.24) is 19.6 Å². The van der Waals surface area contributed by atoms with E-state index < -0.39 is 29.3 Å². The normalized spacial score (nSPS) is 26.9. The standard InChI is InChI=1S/C20H21N5O4/c1-23-18(28)20(17(27)22-19(23)29)11-12-15(24-9-5-2-3-7-13(20)24)21-14-8-4-6-10-25(14)16(12)26/h4,6,8,10,13H,2-3,5,7,9,11H2,1H3,(H,22,27,29)/t13-,20-/m1/s1. The topological polar surface area (TPSA) is 104 Å². The lowest BCUT2D eigenvalue weighted by atomic mass is 9.68. The third-order valence-corrected chi connectivity index (χ3v) is 6.47. The highest BCUT2D eigenvalue weighted by Crippen LogP contribution is 2.45. The predicted octanol–water partition coefficient (Wildman–Crippen LogP) is 0.694. The lowest BCUT2D eigenvalue weighted by Crippen LogP contribution is -2.71. The molecule has 9 heteroatoms. The Bertz CT molecular complexity index is 1130. The molecule has 2 saturated heterocycles. The molecular weight excluding hydrogens is 374 g/mol. The molecule has 29 heavy (non-hydrogen) atoms. The summed E-state index contributed by atoms with van der Waals surface area (Å²) in [7, 11) is 1.37. The van der Waals surface area contributed by atoms with Gasteiger partial charge in [-0.2, -0.15) is 0 Å². The van der Waals surface area contributed by atoms with Gasteiger partial charge in [-0.25, -0.2) is 9.78 Å². The smallest absolute Gasteiger partial charge is 0.330 e. The molecule has 0 saturated carbocycles. The summed E-state index contributed by atoms with van der Waals surface area (Å²) in [6.45, 7) is 0.604. The summed E-state index contributed by atoms with van der Waals surface area (Å²) < 4.78 is 1.44. The molecule has 2 aromatic heterocycles. The van der Waals surface area contributed by atoms with Gasteiger partial charge in [-0.15, -0.1) is 0 Å². The van der Waals surface area contributed by atoms with Crippen LogP contribution in [0.5, 0.6) is 0 Å². The molecule has 0 bridgehead atoms. The number of carbonyl (C=O) groups is 3. The molecule has 0 unspecified atom stereocenters. The van der Waals surface area contributed by atoms with Crippen LogP contribution in [0, 0.1) is 5.41 Å². The van der Waals surface area contributed by atoms with Crippen molar-refractivity contribution in [2.45, 2.75) is 38.1 Å². The number of fused-ring (bicyclic) bond motifs is 5. The van der Waals surface area contributed by atoms with Crippen LogP contribution in [0.3, 0.4) is 0 Å². The van der Waals surface area contributed by atoms with Crippen LogP contribution >= 0.6 is 0 Å². The molecule has 0 radical (unpaired) electrons. The molecule has 0 aromatic carbocycles. The van der Waals surface area contributed by atoms with Gasteiger partial charge in [-0.1, -0.05) is 18.9 Å². The fourth-order valence-corrected chi connectivity index (χ4v) is 5.01. The van der Waals surface area contributed by atoms with E-state index in [9.17, 15) is 19.2 Å². The highest BCUT2D eigenvalue weighted by molar-refractivity contribution is 6.20. The number of urea groups is 1. The Morgan fingerprint density at radius 3 is 2.79 bits per heavy atom. The van der Waals surface area contributed by atoms with Crippen LogP contribution in [0.4, 0.5) is 10.6 Å². The molecule has 9 nitrogen and oxygen atoms in total. The molecule has 1 spiro atoms. The van der Waals surface area contributed by atoms with E-state index in [2.05, 4.69) is 5.32 Å². The fourth-order valence-electron chi connectivity index (χ4n) is 5.01. The summed E-state index contributed by atoms with van der Waals surface area (Å²) in [4.78, 5) is 59.5. The van der Waals surface area contributed by atoms with Crippen molar-refractivity contribution >= 4 is 29.3 Å². The van der Waals surface area contributed by atoms with Crippen molar-refractivity contribution in [3.8, 4) is 0 Å². The molecular formula is C20H21N5O4. The van der Waals surface area contributed by atoms with Crippen molar-refractivity contribution in [3.63, 3.8) is 0 Å². The average molecular weight is 395 g/mol. The highest BCUT2D eigenvalue weighted by Gasteiger charge is 2.62. The second-order valence-corrected chi connectivity index (χ2v) is 7.98. The first kappa shape index (κ1) is 17.8. The number of nitrogens with one attached hydrogen (secondary N) is 1. The number of pyridine rings is 1. The number of hydrogen-bond donors (Lipinski definition) is 1. The molecule has 1 N–H and O–H groups in total. The van der Waals surface area contributed by atoms with Gasteiger partial charge < -0.3 is 4.90 Å². The van der Waals surface area contributed by atoms with Gasteiger partial charge in [0.15, 0.2) is 5.41 Å². The van der Waals surface area contributed by atoms with Gasteiger partial charge in [-0.3, -0.25) is 29.0 Å². The number of carbonyl (C=O) groups excluding carboxylic acids is 3. The largest absolute Gasteiger partial charge is 0.352 e. The number of hydrogen-bond acceptors (Lipinski definition) is 6. The van der Waals surface area contributed by atoms with E-state index in [1.807, 2.05) is 11.0 Å². The van der Waals surface area contributed by atoms with Crippen LogP contribution in [0.2, 0.25) is 0 Å². The number of barbiturate groups is 1. The van der Waals surface area contributed by atoms with Crippen molar-refractivity contribution < 1.29 is 14.4 Å². The first-order chi connectivity index (χ1) is 13.9. The van der Waals surface area contributed by atoms with Gasteiger partial charge in [0.25, 0.3) is 5.56 Å². The third kappa shape index (κ3) is 2.30. The van der Waals surface area contributed by atoms with E-state index in [-0.39, 0.29) is 12.0 Å². The van der Waals surface area contributed by atoms with Crippen LogP contribution in [0.15, 0.2) is 29.2 Å². The van der Waals surface area contributed by atoms with E-state index in [0.717, 1.165) is 24.2 Å². The zero-order valence-electron chi connectivity index (χ0n) is 16.1. The molecule has 5 rings (SSSR count). The van der Waals surface area contributed by atoms with Gasteiger partial charge >= 0.3 is 6.03 Å². The van der Waals surface area contributed by atoms with E-state index in [4.69, 9.17) is 4.98 Å². The van der Waals surface area contributed by atoms with Gasteiger partial charge in [0.1, 0.15) is 11.5 Å². The Labute approximate surface area is 166 Å². The second-order valence-electron chi connectivity index (χ2n) is 7.98. The molecule has 2 aromatic rings. The molecule has 3 aliphatic heterocycles. The van der Waals surface area contributed by atoms with Crippen molar-refractivity contribution in [2.75, 3.05) is 18.5 Å². The van der Waals surface area contributed by atoms with E-state index in [1.165, 1.54) is 11.4 Å². The molecule has 2 atom stereocenters. The maximum absolute atomic E-state index is 13.4. The molecule has 4 amide bonds. The Morgan fingerprint density at radius 1 is 1.14 bits per heavy atom. The minimum Gasteiger partial charge on any atom is -0.352 e. The quantitative estimate of drug-likeness (QED) is 0.659. The lowest BCUT2D eigenvalue weighted by molar-refractivity contribution is -0.152. The first-order valence-electron chi connectivity index (χ1n) is 9.85. The number of nitrogens with zero attached hydrogens (tertiary/aromatic N) is 4.